The maximum atomic E-state index is 12.2. The van der Waals surface area contributed by atoms with E-state index in [4.69, 9.17) is 14.2 Å². The van der Waals surface area contributed by atoms with Crippen LogP contribution in [-0.4, -0.2) is 66.8 Å². The van der Waals surface area contributed by atoms with Gasteiger partial charge in [-0.25, -0.2) is 9.59 Å². The number of carboxylic acids is 2. The highest BCUT2D eigenvalue weighted by atomic mass is 16.5. The second-order valence-electron chi connectivity index (χ2n) is 8.87. The first-order valence-electron chi connectivity index (χ1n) is 12.4. The molecule has 2 aromatic rings. The quantitative estimate of drug-likeness (QED) is 0.180. The van der Waals surface area contributed by atoms with Crippen LogP contribution in [-0.2, 0) is 9.59 Å². The zero-order valence-corrected chi connectivity index (χ0v) is 22.1. The minimum absolute atomic E-state index is 0.0781. The minimum Gasteiger partial charge on any atom is -0.497 e. The van der Waals surface area contributed by atoms with E-state index in [-0.39, 0.29) is 24.4 Å². The summed E-state index contributed by atoms with van der Waals surface area (Å²) in [5, 5.41) is 35.9. The highest BCUT2D eigenvalue weighted by molar-refractivity contribution is 5.98. The van der Waals surface area contributed by atoms with Gasteiger partial charge in [-0.1, -0.05) is 30.4 Å². The van der Waals surface area contributed by atoms with Crippen LogP contribution in [0.1, 0.15) is 25.3 Å². The Morgan fingerprint density at radius 1 is 0.974 bits per heavy atom. The van der Waals surface area contributed by atoms with E-state index < -0.39 is 24.0 Å². The van der Waals surface area contributed by atoms with Crippen LogP contribution in [0.3, 0.4) is 0 Å². The molecule has 0 aliphatic carbocycles. The molecule has 3 rings (SSSR count). The van der Waals surface area contributed by atoms with Crippen molar-refractivity contribution in [3.63, 3.8) is 0 Å². The lowest BCUT2D eigenvalue weighted by Gasteiger charge is -2.30. The number of carbonyl (C=O) groups is 2. The number of aliphatic hydroxyl groups is 1. The summed E-state index contributed by atoms with van der Waals surface area (Å²) in [4.78, 5) is 24.4. The molecule has 10 nitrogen and oxygen atoms in total. The Morgan fingerprint density at radius 3 is 2.26 bits per heavy atom. The molecule has 1 aliphatic rings. The molecule has 5 N–H and O–H groups in total. The van der Waals surface area contributed by atoms with Gasteiger partial charge in [0.2, 0.25) is 0 Å². The van der Waals surface area contributed by atoms with Gasteiger partial charge in [-0.05, 0) is 44.2 Å². The number of aliphatic hydroxyl groups excluding tert-OH is 1. The van der Waals surface area contributed by atoms with Gasteiger partial charge in [0, 0.05) is 30.0 Å². The molecule has 0 saturated carbocycles. The largest absolute Gasteiger partial charge is 0.497 e. The third-order valence-electron chi connectivity index (χ3n) is 6.08. The molecule has 1 heterocycles. The van der Waals surface area contributed by atoms with Crippen LogP contribution < -0.4 is 24.8 Å². The second kappa shape index (κ2) is 14.0. The van der Waals surface area contributed by atoms with Crippen molar-refractivity contribution in [3.05, 3.63) is 88.8 Å². The summed E-state index contributed by atoms with van der Waals surface area (Å²) in [5.41, 5.74) is 0.922. The van der Waals surface area contributed by atoms with Gasteiger partial charge >= 0.3 is 11.9 Å². The number of ether oxygens (including phenoxy) is 3. The number of allylic oxidation sites excluding steroid dienone is 2. The predicted octanol–water partition coefficient (Wildman–Crippen LogP) is 3.06. The van der Waals surface area contributed by atoms with Gasteiger partial charge in [0.15, 0.2) is 0 Å². The molecular weight excluding hydrogens is 504 g/mol. The molecule has 0 fully saturated rings. The monoisotopic (exact) mass is 538 g/mol. The molecule has 1 aliphatic heterocycles. The van der Waals surface area contributed by atoms with Crippen molar-refractivity contribution in [3.8, 4) is 17.2 Å². The van der Waals surface area contributed by atoms with Crippen LogP contribution in [0.5, 0.6) is 17.2 Å². The lowest BCUT2D eigenvalue weighted by atomic mass is 9.80. The predicted molar refractivity (Wildman–Crippen MR) is 145 cm³/mol. The molecule has 1 unspecified atom stereocenters. The first-order chi connectivity index (χ1) is 18.7. The third-order valence-corrected chi connectivity index (χ3v) is 6.08. The molecule has 0 aromatic heterocycles. The summed E-state index contributed by atoms with van der Waals surface area (Å²) in [6.45, 7) is 4.33. The van der Waals surface area contributed by atoms with E-state index in [0.29, 0.717) is 47.3 Å². The number of hydrogen-bond donors (Lipinski definition) is 5. The van der Waals surface area contributed by atoms with Crippen molar-refractivity contribution in [2.75, 3.05) is 33.4 Å². The molecule has 2 aromatic carbocycles. The minimum atomic E-state index is -1.23. The lowest BCUT2D eigenvalue weighted by Crippen LogP contribution is -2.31. The summed E-state index contributed by atoms with van der Waals surface area (Å²) in [7, 11) is 1.47. The maximum Gasteiger partial charge on any atom is 0.334 e. The zero-order valence-electron chi connectivity index (χ0n) is 22.1. The molecule has 0 bridgehead atoms. The fraction of sp³-hybridized carbons (Fsp3) is 0.310. The molecule has 208 valence electrons. The third kappa shape index (κ3) is 7.86. The summed E-state index contributed by atoms with van der Waals surface area (Å²) in [6, 6.07) is 14.2. The first kappa shape index (κ1) is 29.3. The number of dihydropyridines is 1. The van der Waals surface area contributed by atoms with Crippen LogP contribution in [0.15, 0.2) is 83.2 Å². The second-order valence-corrected chi connectivity index (χ2v) is 8.87. The van der Waals surface area contributed by atoms with Crippen LogP contribution in [0.2, 0.25) is 0 Å². The van der Waals surface area contributed by atoms with E-state index >= 15 is 0 Å². The normalized spacial score (nSPS) is 14.8. The molecule has 39 heavy (non-hydrogen) atoms. The number of rotatable bonds is 14. The highest BCUT2D eigenvalue weighted by Gasteiger charge is 2.38. The van der Waals surface area contributed by atoms with Crippen molar-refractivity contribution in [1.82, 2.24) is 10.6 Å². The highest BCUT2D eigenvalue weighted by Crippen LogP contribution is 2.43. The summed E-state index contributed by atoms with van der Waals surface area (Å²) >= 11 is 0. The van der Waals surface area contributed by atoms with Gasteiger partial charge in [0.05, 0.1) is 24.2 Å². The topological polar surface area (TPSA) is 147 Å². The Kier molecular flexibility index (Phi) is 10.5. The first-order valence-corrected chi connectivity index (χ1v) is 12.4. The Labute approximate surface area is 227 Å². The van der Waals surface area contributed by atoms with Crippen molar-refractivity contribution < 1.29 is 39.1 Å². The van der Waals surface area contributed by atoms with E-state index in [1.807, 2.05) is 36.4 Å². The van der Waals surface area contributed by atoms with Crippen molar-refractivity contribution >= 4 is 11.9 Å². The molecule has 10 heteroatoms. The fourth-order valence-electron chi connectivity index (χ4n) is 4.27. The Hall–Kier alpha value is -4.28. The van der Waals surface area contributed by atoms with Crippen molar-refractivity contribution in [1.29, 1.82) is 0 Å². The fourth-order valence-corrected chi connectivity index (χ4v) is 4.27. The maximum absolute atomic E-state index is 12.2. The van der Waals surface area contributed by atoms with Crippen LogP contribution in [0.25, 0.3) is 0 Å². The number of aliphatic carboxylic acids is 2. The number of benzene rings is 2. The van der Waals surface area contributed by atoms with E-state index in [2.05, 4.69) is 10.6 Å². The van der Waals surface area contributed by atoms with Crippen LogP contribution in [0, 0.1) is 0 Å². The van der Waals surface area contributed by atoms with E-state index in [0.717, 1.165) is 0 Å². The standard InChI is InChI=1S/C29H34N2O8/c1-18-25(28(33)34)27(26(29(35)36)19(2)31-18)23-15-22(37-3)11-12-24(23)38-14-8-7-13-30-16-20(32)17-39-21-9-5-4-6-10-21/h4-12,15,20,27,30-32H,13-14,16-17H2,1-3H3,(H,33,34)(H,35,36). The number of para-hydroxylation sites is 1. The number of hydrogen-bond acceptors (Lipinski definition) is 8. The average molecular weight is 539 g/mol. The van der Waals surface area contributed by atoms with Gasteiger partial charge in [0.25, 0.3) is 0 Å². The zero-order chi connectivity index (χ0) is 28.4. The van der Waals surface area contributed by atoms with E-state index in [1.54, 1.807) is 38.1 Å². The number of nitrogens with one attached hydrogen (secondary N) is 2. The Morgan fingerprint density at radius 2 is 1.64 bits per heavy atom. The van der Waals surface area contributed by atoms with Gasteiger partial charge in [-0.3, -0.25) is 0 Å². The smallest absolute Gasteiger partial charge is 0.334 e. The summed E-state index contributed by atoms with van der Waals surface area (Å²) < 4.78 is 16.8. The summed E-state index contributed by atoms with van der Waals surface area (Å²) in [6.07, 6.45) is 2.92. The summed E-state index contributed by atoms with van der Waals surface area (Å²) in [5.74, 6) is -2.06. The lowest BCUT2D eigenvalue weighted by molar-refractivity contribution is -0.133. The van der Waals surface area contributed by atoms with Crippen LogP contribution >= 0.6 is 0 Å². The van der Waals surface area contributed by atoms with E-state index in [1.165, 1.54) is 7.11 Å². The molecular formula is C29H34N2O8. The van der Waals surface area contributed by atoms with Crippen LogP contribution in [0.4, 0.5) is 0 Å². The molecule has 0 radical (unpaired) electrons. The van der Waals surface area contributed by atoms with Gasteiger partial charge in [-0.15, -0.1) is 0 Å². The number of methoxy groups -OCH3 is 1. The van der Waals surface area contributed by atoms with Crippen molar-refractivity contribution in [2.45, 2.75) is 25.9 Å². The van der Waals surface area contributed by atoms with Gasteiger partial charge < -0.3 is 40.2 Å². The van der Waals surface area contributed by atoms with Crippen molar-refractivity contribution in [2.24, 2.45) is 0 Å². The van der Waals surface area contributed by atoms with E-state index in [9.17, 15) is 24.9 Å². The SMILES string of the molecule is COc1ccc(OCC=CCNCC(O)COc2ccccc2)c(C2C(C(=O)O)=C(C)NC(C)=C2C(=O)O)c1. The molecule has 0 saturated heterocycles. The Bertz CT molecular complexity index is 1220. The molecule has 0 spiro atoms. The Balaban J connectivity index is 1.64. The molecule has 1 atom stereocenters. The van der Waals surface area contributed by atoms with Gasteiger partial charge in [0.1, 0.15) is 36.6 Å². The average Bonchev–Trinajstić information content (AvgIpc) is 2.91. The molecule has 0 amide bonds. The number of carboxylic acid groups (broad SMARTS) is 2. The van der Waals surface area contributed by atoms with Gasteiger partial charge in [-0.2, -0.15) is 0 Å².